The first kappa shape index (κ1) is 20.5. The highest BCUT2D eigenvalue weighted by Gasteiger charge is 2.35. The van der Waals surface area contributed by atoms with Crippen LogP contribution in [-0.4, -0.2) is 45.5 Å². The minimum absolute atomic E-state index is 0.0398. The number of rotatable bonds is 3. The molecule has 164 valence electrons. The fourth-order valence-corrected chi connectivity index (χ4v) is 5.65. The van der Waals surface area contributed by atoms with Crippen LogP contribution in [0.15, 0.2) is 76.5 Å². The van der Waals surface area contributed by atoms with Crippen LogP contribution < -0.4 is 15.1 Å². The Hall–Kier alpha value is -3.43. The molecule has 3 aromatic carbocycles. The number of carbonyl (C=O) groups is 1. The van der Waals surface area contributed by atoms with Crippen LogP contribution in [0.3, 0.4) is 0 Å². The third-order valence-corrected chi connectivity index (χ3v) is 7.46. The zero-order chi connectivity index (χ0) is 22.3. The van der Waals surface area contributed by atoms with E-state index in [-0.39, 0.29) is 32.7 Å². The first-order chi connectivity index (χ1) is 15.4. The number of sulfone groups is 1. The summed E-state index contributed by atoms with van der Waals surface area (Å²) in [6, 6.07) is 17.3. The maximum Gasteiger partial charge on any atom is 0.267 e. The molecule has 1 N–H and O–H groups in total. The third-order valence-electron chi connectivity index (χ3n) is 5.58. The second-order valence-electron chi connectivity index (χ2n) is 7.58. The van der Waals surface area contributed by atoms with Crippen LogP contribution in [0.1, 0.15) is 10.4 Å². The molecule has 32 heavy (non-hydrogen) atoms. The predicted octanol–water partition coefficient (Wildman–Crippen LogP) is 3.23. The molecule has 0 saturated carbocycles. The quantitative estimate of drug-likeness (QED) is 0.513. The second kappa shape index (κ2) is 7.92. The number of ether oxygens (including phenoxy) is 1. The van der Waals surface area contributed by atoms with E-state index in [1.165, 1.54) is 24.3 Å². The molecule has 0 aromatic heterocycles. The van der Waals surface area contributed by atoms with Crippen LogP contribution in [0.5, 0.6) is 11.5 Å². The number of hydrogen-bond acceptors (Lipinski definition) is 6. The molecule has 0 bridgehead atoms. The summed E-state index contributed by atoms with van der Waals surface area (Å²) in [5, 5.41) is 1.76. The third kappa shape index (κ3) is 3.59. The summed E-state index contributed by atoms with van der Waals surface area (Å²) in [4.78, 5) is 15.1. The number of nitrogens with zero attached hydrogens (tertiary/aromatic N) is 2. The van der Waals surface area contributed by atoms with Crippen LogP contribution >= 0.6 is 0 Å². The smallest absolute Gasteiger partial charge is 0.267 e. The number of halogens is 1. The number of para-hydroxylation sites is 1. The van der Waals surface area contributed by atoms with Crippen molar-refractivity contribution in [3.63, 3.8) is 0 Å². The maximum atomic E-state index is 13.2. The lowest BCUT2D eigenvalue weighted by Gasteiger charge is -2.36. The van der Waals surface area contributed by atoms with Gasteiger partial charge < -0.3 is 9.64 Å². The molecule has 3 aromatic rings. The van der Waals surface area contributed by atoms with Gasteiger partial charge in [-0.3, -0.25) is 10.2 Å². The topological polar surface area (TPSA) is 79.0 Å². The van der Waals surface area contributed by atoms with Gasteiger partial charge in [-0.05, 0) is 48.5 Å². The Labute approximate surface area is 184 Å². The molecule has 2 heterocycles. The lowest BCUT2D eigenvalue weighted by atomic mass is 10.2. The van der Waals surface area contributed by atoms with Crippen molar-refractivity contribution in [2.45, 2.75) is 9.79 Å². The Bertz CT molecular complexity index is 1290. The van der Waals surface area contributed by atoms with Crippen molar-refractivity contribution in [1.82, 2.24) is 10.4 Å². The molecule has 7 nitrogen and oxygen atoms in total. The van der Waals surface area contributed by atoms with E-state index in [9.17, 15) is 17.6 Å². The summed E-state index contributed by atoms with van der Waals surface area (Å²) >= 11 is 0. The number of fused-ring (bicyclic) bond motifs is 2. The van der Waals surface area contributed by atoms with E-state index >= 15 is 0 Å². The number of nitrogens with one attached hydrogen (secondary N) is 1. The van der Waals surface area contributed by atoms with E-state index in [4.69, 9.17) is 4.74 Å². The van der Waals surface area contributed by atoms with Gasteiger partial charge in [-0.1, -0.05) is 18.2 Å². The van der Waals surface area contributed by atoms with E-state index < -0.39 is 15.7 Å². The monoisotopic (exact) mass is 453 g/mol. The summed E-state index contributed by atoms with van der Waals surface area (Å²) < 4.78 is 45.4. The first-order valence-corrected chi connectivity index (χ1v) is 11.6. The van der Waals surface area contributed by atoms with Gasteiger partial charge >= 0.3 is 0 Å². The van der Waals surface area contributed by atoms with Crippen LogP contribution in [0.2, 0.25) is 0 Å². The molecule has 0 unspecified atom stereocenters. The highest BCUT2D eigenvalue weighted by atomic mass is 32.2. The van der Waals surface area contributed by atoms with Crippen LogP contribution in [0.25, 0.3) is 0 Å². The van der Waals surface area contributed by atoms with Gasteiger partial charge in [0.15, 0.2) is 0 Å². The number of benzene rings is 3. The number of hydrogen-bond donors (Lipinski definition) is 1. The molecule has 1 fully saturated rings. The molecule has 0 radical (unpaired) electrons. The summed E-state index contributed by atoms with van der Waals surface area (Å²) in [6.45, 7) is 2.33. The largest absolute Gasteiger partial charge is 0.455 e. The zero-order valence-corrected chi connectivity index (χ0v) is 17.8. The van der Waals surface area contributed by atoms with Gasteiger partial charge in [0.25, 0.3) is 5.91 Å². The summed E-state index contributed by atoms with van der Waals surface area (Å²) in [5.74, 6) is -0.414. The fourth-order valence-electron chi connectivity index (χ4n) is 3.97. The van der Waals surface area contributed by atoms with Crippen molar-refractivity contribution >= 4 is 21.4 Å². The molecule has 0 atom stereocenters. The average molecular weight is 453 g/mol. The van der Waals surface area contributed by atoms with Crippen molar-refractivity contribution in [2.75, 3.05) is 31.1 Å². The molecule has 1 saturated heterocycles. The van der Waals surface area contributed by atoms with Crippen molar-refractivity contribution in [3.05, 3.63) is 78.1 Å². The van der Waals surface area contributed by atoms with Crippen molar-refractivity contribution in [2.24, 2.45) is 0 Å². The van der Waals surface area contributed by atoms with Crippen LogP contribution in [0.4, 0.5) is 10.1 Å². The number of hydrazine groups is 1. The standard InChI is InChI=1S/C23H20FN3O4S/c24-16-8-10-17(11-9-16)26-12-14-27(15-13-26)25-23(28)18-4-3-6-20-22(18)32(29,30)21-7-2-1-5-19(21)31-20/h1-11H,12-15H2,(H,25,28). The minimum atomic E-state index is -3.91. The van der Waals surface area contributed by atoms with Gasteiger partial charge in [0.2, 0.25) is 9.84 Å². The van der Waals surface area contributed by atoms with Crippen molar-refractivity contribution in [3.8, 4) is 11.5 Å². The van der Waals surface area contributed by atoms with E-state index in [0.717, 1.165) is 5.69 Å². The van der Waals surface area contributed by atoms with Gasteiger partial charge in [-0.15, -0.1) is 0 Å². The summed E-state index contributed by atoms with van der Waals surface area (Å²) in [7, 11) is -3.91. The van der Waals surface area contributed by atoms with Gasteiger partial charge in [0.05, 0.1) is 5.56 Å². The molecule has 0 aliphatic carbocycles. The predicted molar refractivity (Wildman–Crippen MR) is 116 cm³/mol. The van der Waals surface area contributed by atoms with Crippen molar-refractivity contribution in [1.29, 1.82) is 0 Å². The molecule has 0 spiro atoms. The highest BCUT2D eigenvalue weighted by molar-refractivity contribution is 7.91. The lowest BCUT2D eigenvalue weighted by molar-refractivity contribution is 0.0773. The Morgan fingerprint density at radius 2 is 1.56 bits per heavy atom. The molecule has 9 heteroatoms. The number of carbonyl (C=O) groups excluding carboxylic acids is 1. The van der Waals surface area contributed by atoms with Gasteiger partial charge in [-0.25, -0.2) is 17.8 Å². The van der Waals surface area contributed by atoms with Crippen LogP contribution in [-0.2, 0) is 9.84 Å². The summed E-state index contributed by atoms with van der Waals surface area (Å²) in [5.41, 5.74) is 3.77. The van der Waals surface area contributed by atoms with E-state index in [1.807, 2.05) is 0 Å². The van der Waals surface area contributed by atoms with Crippen molar-refractivity contribution < 1.29 is 22.3 Å². The molecular weight excluding hydrogens is 433 g/mol. The van der Waals surface area contributed by atoms with Crippen LogP contribution in [0, 0.1) is 5.82 Å². The van der Waals surface area contributed by atoms with E-state index in [1.54, 1.807) is 47.5 Å². The Kier molecular flexibility index (Phi) is 5.07. The molecular formula is C23H20FN3O4S. The number of anilines is 1. The number of amides is 1. The lowest BCUT2D eigenvalue weighted by Crippen LogP contribution is -2.53. The molecule has 5 rings (SSSR count). The zero-order valence-electron chi connectivity index (χ0n) is 17.0. The Morgan fingerprint density at radius 1 is 0.875 bits per heavy atom. The number of piperazine rings is 1. The SMILES string of the molecule is O=C(NN1CCN(c2ccc(F)cc2)CC1)c1cccc2c1S(=O)(=O)c1ccccc1O2. The van der Waals surface area contributed by atoms with E-state index in [2.05, 4.69) is 10.3 Å². The van der Waals surface area contributed by atoms with Gasteiger partial charge in [-0.2, -0.15) is 0 Å². The normalized spacial score (nSPS) is 17.1. The Morgan fingerprint density at radius 3 is 2.31 bits per heavy atom. The average Bonchev–Trinajstić information content (AvgIpc) is 2.80. The minimum Gasteiger partial charge on any atom is -0.455 e. The summed E-state index contributed by atoms with van der Waals surface area (Å²) in [6.07, 6.45) is 0. The highest BCUT2D eigenvalue weighted by Crippen LogP contribution is 2.43. The van der Waals surface area contributed by atoms with Gasteiger partial charge in [0.1, 0.15) is 27.1 Å². The Balaban J connectivity index is 1.33. The fraction of sp³-hybridized carbons (Fsp3) is 0.174. The first-order valence-electron chi connectivity index (χ1n) is 10.1. The second-order valence-corrected chi connectivity index (χ2v) is 9.43. The molecule has 1 amide bonds. The van der Waals surface area contributed by atoms with E-state index in [0.29, 0.717) is 26.2 Å². The molecule has 2 aliphatic rings. The maximum absolute atomic E-state index is 13.2. The molecule has 2 aliphatic heterocycles. The van der Waals surface area contributed by atoms with Gasteiger partial charge in [0, 0.05) is 31.9 Å².